The van der Waals surface area contributed by atoms with Crippen LogP contribution in [0.25, 0.3) is 0 Å². The molecule has 1 amide bonds. The lowest BCUT2D eigenvalue weighted by Gasteiger charge is -2.14. The molecule has 1 aliphatic rings. The van der Waals surface area contributed by atoms with Gasteiger partial charge >= 0.3 is 0 Å². The molecule has 0 aliphatic carbocycles. The molecule has 1 N–H and O–H groups in total. The van der Waals surface area contributed by atoms with E-state index < -0.39 is 0 Å². The molecule has 5 nitrogen and oxygen atoms in total. The molecule has 0 saturated carbocycles. The Hall–Kier alpha value is -2.14. The maximum absolute atomic E-state index is 12.1. The second-order valence-electron chi connectivity index (χ2n) is 5.60. The van der Waals surface area contributed by atoms with Crippen LogP contribution >= 0.6 is 11.6 Å². The van der Waals surface area contributed by atoms with Crippen molar-refractivity contribution in [2.24, 2.45) is 0 Å². The van der Waals surface area contributed by atoms with Crippen LogP contribution in [0, 0.1) is 0 Å². The number of anilines is 1. The molecule has 6 heteroatoms. The third-order valence-corrected chi connectivity index (χ3v) is 4.11. The molecular formula is C17H19ClN4O. The molecule has 1 aromatic heterocycles. The van der Waals surface area contributed by atoms with Gasteiger partial charge in [-0.15, -0.1) is 0 Å². The molecule has 23 heavy (non-hydrogen) atoms. The topological polar surface area (TPSA) is 58.1 Å². The maximum atomic E-state index is 12.1. The number of benzene rings is 1. The summed E-state index contributed by atoms with van der Waals surface area (Å²) in [5.74, 6) is 0.554. The van der Waals surface area contributed by atoms with Crippen molar-refractivity contribution in [1.29, 1.82) is 0 Å². The third kappa shape index (κ3) is 4.20. The molecule has 2 aromatic rings. The third-order valence-electron chi connectivity index (χ3n) is 3.88. The van der Waals surface area contributed by atoms with Crippen molar-refractivity contribution in [1.82, 2.24) is 15.3 Å². The summed E-state index contributed by atoms with van der Waals surface area (Å²) < 4.78 is 0. The number of carbonyl (C=O) groups is 1. The molecule has 1 saturated heterocycles. The smallest absolute Gasteiger partial charge is 0.254 e. The molecule has 0 unspecified atom stereocenters. The first-order chi connectivity index (χ1) is 11.2. The molecule has 3 rings (SSSR count). The zero-order valence-electron chi connectivity index (χ0n) is 12.8. The fourth-order valence-electron chi connectivity index (χ4n) is 2.63. The van der Waals surface area contributed by atoms with Crippen molar-refractivity contribution in [3.8, 4) is 0 Å². The Kier molecular flexibility index (Phi) is 5.08. The van der Waals surface area contributed by atoms with E-state index in [9.17, 15) is 4.79 Å². The van der Waals surface area contributed by atoms with Crippen LogP contribution in [-0.2, 0) is 6.42 Å². The Labute approximate surface area is 140 Å². The van der Waals surface area contributed by atoms with Gasteiger partial charge in [-0.05, 0) is 37.0 Å². The van der Waals surface area contributed by atoms with Gasteiger partial charge in [0.05, 0.1) is 5.56 Å². The van der Waals surface area contributed by atoms with E-state index in [1.54, 1.807) is 12.4 Å². The van der Waals surface area contributed by atoms with Gasteiger partial charge in [-0.2, -0.15) is 0 Å². The zero-order chi connectivity index (χ0) is 16.1. The Balaban J connectivity index is 1.51. The molecule has 1 fully saturated rings. The minimum atomic E-state index is -0.153. The quantitative estimate of drug-likeness (QED) is 0.915. The summed E-state index contributed by atoms with van der Waals surface area (Å²) in [6, 6.07) is 7.64. The number of carbonyl (C=O) groups excluding carboxylic acids is 1. The van der Waals surface area contributed by atoms with Crippen molar-refractivity contribution >= 4 is 23.5 Å². The number of nitrogens with zero attached hydrogens (tertiary/aromatic N) is 3. The number of hydrogen-bond donors (Lipinski definition) is 1. The zero-order valence-corrected chi connectivity index (χ0v) is 13.6. The monoisotopic (exact) mass is 330 g/mol. The van der Waals surface area contributed by atoms with E-state index in [1.807, 2.05) is 24.3 Å². The number of amides is 1. The van der Waals surface area contributed by atoms with Crippen LogP contribution < -0.4 is 10.2 Å². The highest BCUT2D eigenvalue weighted by Crippen LogP contribution is 2.15. The summed E-state index contributed by atoms with van der Waals surface area (Å²) >= 11 is 5.94. The Morgan fingerprint density at radius 3 is 2.65 bits per heavy atom. The van der Waals surface area contributed by atoms with Crippen LogP contribution in [0.1, 0.15) is 28.8 Å². The normalized spacial score (nSPS) is 14.0. The van der Waals surface area contributed by atoms with Gasteiger partial charge in [-0.1, -0.05) is 23.7 Å². The fourth-order valence-corrected chi connectivity index (χ4v) is 2.85. The average molecular weight is 331 g/mol. The average Bonchev–Trinajstić information content (AvgIpc) is 3.09. The van der Waals surface area contributed by atoms with Crippen LogP contribution in [-0.4, -0.2) is 35.5 Å². The number of aromatic nitrogens is 2. The summed E-state index contributed by atoms with van der Waals surface area (Å²) in [6.45, 7) is 2.53. The Morgan fingerprint density at radius 2 is 1.96 bits per heavy atom. The van der Waals surface area contributed by atoms with E-state index in [0.717, 1.165) is 25.1 Å². The highest BCUT2D eigenvalue weighted by atomic mass is 35.5. The minimum absolute atomic E-state index is 0.153. The van der Waals surface area contributed by atoms with Crippen LogP contribution in [0.3, 0.4) is 0 Å². The van der Waals surface area contributed by atoms with Crippen molar-refractivity contribution < 1.29 is 4.79 Å². The molecule has 120 valence electrons. The van der Waals surface area contributed by atoms with Gasteiger partial charge in [-0.3, -0.25) is 4.79 Å². The van der Waals surface area contributed by atoms with Gasteiger partial charge in [0.1, 0.15) is 0 Å². The van der Waals surface area contributed by atoms with Crippen molar-refractivity contribution in [3.05, 3.63) is 52.8 Å². The summed E-state index contributed by atoms with van der Waals surface area (Å²) in [7, 11) is 0. The second kappa shape index (κ2) is 7.42. The van der Waals surface area contributed by atoms with E-state index in [4.69, 9.17) is 11.6 Å². The van der Waals surface area contributed by atoms with Gasteiger partial charge in [0.2, 0.25) is 5.95 Å². The van der Waals surface area contributed by atoms with Crippen LogP contribution in [0.4, 0.5) is 5.95 Å². The molecular weight excluding hydrogens is 312 g/mol. The SMILES string of the molecule is O=C(NCCc1cccc(Cl)c1)c1cnc(N2CCCC2)nc1. The summed E-state index contributed by atoms with van der Waals surface area (Å²) in [4.78, 5) is 22.8. The van der Waals surface area contributed by atoms with Gasteiger partial charge in [0.15, 0.2) is 0 Å². The highest BCUT2D eigenvalue weighted by Gasteiger charge is 2.15. The first-order valence-electron chi connectivity index (χ1n) is 7.82. The first kappa shape index (κ1) is 15.7. The maximum Gasteiger partial charge on any atom is 0.254 e. The number of rotatable bonds is 5. The lowest BCUT2D eigenvalue weighted by atomic mass is 10.1. The largest absolute Gasteiger partial charge is 0.352 e. The Morgan fingerprint density at radius 1 is 1.22 bits per heavy atom. The van der Waals surface area contributed by atoms with Crippen LogP contribution in [0.2, 0.25) is 5.02 Å². The fraction of sp³-hybridized carbons (Fsp3) is 0.353. The standard InChI is InChI=1S/C17H19ClN4O/c18-15-5-3-4-13(10-15)6-7-19-16(23)14-11-20-17(21-12-14)22-8-1-2-9-22/h3-5,10-12H,1-2,6-9H2,(H,19,23). The van der Waals surface area contributed by atoms with Gasteiger partial charge in [-0.25, -0.2) is 9.97 Å². The van der Waals surface area contributed by atoms with Crippen LogP contribution in [0.5, 0.6) is 0 Å². The van der Waals surface area contributed by atoms with E-state index in [0.29, 0.717) is 23.1 Å². The first-order valence-corrected chi connectivity index (χ1v) is 8.20. The molecule has 2 heterocycles. The highest BCUT2D eigenvalue weighted by molar-refractivity contribution is 6.30. The molecule has 0 spiro atoms. The van der Waals surface area contributed by atoms with E-state index in [-0.39, 0.29) is 5.91 Å². The van der Waals surface area contributed by atoms with E-state index in [2.05, 4.69) is 20.2 Å². The lowest BCUT2D eigenvalue weighted by Crippen LogP contribution is -2.26. The van der Waals surface area contributed by atoms with Gasteiger partial charge < -0.3 is 10.2 Å². The molecule has 0 atom stereocenters. The number of nitrogens with one attached hydrogen (secondary N) is 1. The van der Waals surface area contributed by atoms with E-state index in [1.165, 1.54) is 12.8 Å². The molecule has 0 bridgehead atoms. The molecule has 1 aromatic carbocycles. The predicted octanol–water partition coefficient (Wildman–Crippen LogP) is 2.70. The summed E-state index contributed by atoms with van der Waals surface area (Å²) in [6.07, 6.45) is 6.27. The van der Waals surface area contributed by atoms with Crippen LogP contribution in [0.15, 0.2) is 36.7 Å². The number of halogens is 1. The molecule has 1 aliphatic heterocycles. The lowest BCUT2D eigenvalue weighted by molar-refractivity contribution is 0.0953. The second-order valence-corrected chi connectivity index (χ2v) is 6.04. The summed E-state index contributed by atoms with van der Waals surface area (Å²) in [5, 5.41) is 3.59. The van der Waals surface area contributed by atoms with E-state index >= 15 is 0 Å². The van der Waals surface area contributed by atoms with Gasteiger partial charge in [0.25, 0.3) is 5.91 Å². The minimum Gasteiger partial charge on any atom is -0.352 e. The van der Waals surface area contributed by atoms with Gasteiger partial charge in [0, 0.05) is 37.1 Å². The van der Waals surface area contributed by atoms with Crippen molar-refractivity contribution in [2.75, 3.05) is 24.5 Å². The summed E-state index contributed by atoms with van der Waals surface area (Å²) in [5.41, 5.74) is 1.58. The van der Waals surface area contributed by atoms with Crippen molar-refractivity contribution in [2.45, 2.75) is 19.3 Å². The molecule has 0 radical (unpaired) electrons. The van der Waals surface area contributed by atoms with Crippen molar-refractivity contribution in [3.63, 3.8) is 0 Å². The number of hydrogen-bond acceptors (Lipinski definition) is 4. The predicted molar refractivity (Wildman–Crippen MR) is 91.0 cm³/mol. The Bertz CT molecular complexity index is 669.